The van der Waals surface area contributed by atoms with Gasteiger partial charge in [-0.05, 0) is 19.2 Å². The van der Waals surface area contributed by atoms with E-state index in [-0.39, 0.29) is 0 Å². The quantitative estimate of drug-likeness (QED) is 0.774. The Morgan fingerprint density at radius 1 is 1.64 bits per heavy atom. The van der Waals surface area contributed by atoms with Gasteiger partial charge in [0.15, 0.2) is 0 Å². The summed E-state index contributed by atoms with van der Waals surface area (Å²) in [5, 5.41) is 3.05. The molecule has 1 N–H and O–H groups in total. The Hall–Kier alpha value is -0.190. The van der Waals surface area contributed by atoms with Crippen LogP contribution in [0.15, 0.2) is 16.3 Å². The summed E-state index contributed by atoms with van der Waals surface area (Å²) in [4.78, 5) is 1.23. The first-order valence-electron chi connectivity index (χ1n) is 3.31. The molecule has 0 amide bonds. The molecule has 11 heavy (non-hydrogen) atoms. The molecule has 4 heteroatoms. The second-order valence-electron chi connectivity index (χ2n) is 2.21. The monoisotopic (exact) mass is 189 g/mol. The molecule has 0 saturated carbocycles. The van der Waals surface area contributed by atoms with E-state index in [0.717, 1.165) is 10.8 Å². The smallest absolute Gasteiger partial charge is 0.0911 e. The second kappa shape index (κ2) is 3.99. The molecular formula is C7H11NOS2. The summed E-state index contributed by atoms with van der Waals surface area (Å²) in [5.41, 5.74) is 0. The number of thiophene rings is 1. The lowest BCUT2D eigenvalue weighted by atomic mass is 10.5. The van der Waals surface area contributed by atoms with Gasteiger partial charge in [-0.2, -0.15) is 0 Å². The molecule has 1 rings (SSSR count). The van der Waals surface area contributed by atoms with E-state index in [9.17, 15) is 4.21 Å². The lowest BCUT2D eigenvalue weighted by molar-refractivity contribution is 0.688. The van der Waals surface area contributed by atoms with E-state index in [1.54, 1.807) is 17.6 Å². The van der Waals surface area contributed by atoms with Crippen molar-refractivity contribution >= 4 is 22.1 Å². The van der Waals surface area contributed by atoms with Crippen LogP contribution in [0, 0.1) is 0 Å². The fourth-order valence-corrected chi connectivity index (χ4v) is 2.58. The van der Waals surface area contributed by atoms with E-state index in [1.165, 1.54) is 4.88 Å². The van der Waals surface area contributed by atoms with Gasteiger partial charge in [0, 0.05) is 17.7 Å². The summed E-state index contributed by atoms with van der Waals surface area (Å²) in [6, 6.07) is 3.94. The summed E-state index contributed by atoms with van der Waals surface area (Å²) in [6.45, 7) is 0.863. The zero-order chi connectivity index (χ0) is 8.27. The van der Waals surface area contributed by atoms with Crippen molar-refractivity contribution in [2.45, 2.75) is 10.8 Å². The van der Waals surface area contributed by atoms with Crippen LogP contribution in [0.5, 0.6) is 0 Å². The average molecular weight is 189 g/mol. The molecule has 62 valence electrons. The Labute approximate surface area is 73.1 Å². The molecule has 0 bridgehead atoms. The highest BCUT2D eigenvalue weighted by atomic mass is 32.2. The lowest BCUT2D eigenvalue weighted by Gasteiger charge is -1.91. The molecule has 0 radical (unpaired) electrons. The Kier molecular flexibility index (Phi) is 3.23. The molecule has 0 aliphatic rings. The number of nitrogens with one attached hydrogen (secondary N) is 1. The van der Waals surface area contributed by atoms with Gasteiger partial charge < -0.3 is 5.32 Å². The van der Waals surface area contributed by atoms with Crippen LogP contribution in [0.25, 0.3) is 0 Å². The summed E-state index contributed by atoms with van der Waals surface area (Å²) in [6.07, 6.45) is 1.70. The van der Waals surface area contributed by atoms with Gasteiger partial charge in [-0.3, -0.25) is 4.21 Å². The van der Waals surface area contributed by atoms with Crippen LogP contribution in [0.3, 0.4) is 0 Å². The normalized spacial score (nSPS) is 13.3. The van der Waals surface area contributed by atoms with Crippen LogP contribution in [0.2, 0.25) is 0 Å². The SMILES string of the molecule is CNCc1ccc(S(C)=O)s1. The van der Waals surface area contributed by atoms with Crippen LogP contribution < -0.4 is 5.32 Å². The van der Waals surface area contributed by atoms with Crippen molar-refractivity contribution in [1.29, 1.82) is 0 Å². The van der Waals surface area contributed by atoms with Crippen LogP contribution in [-0.2, 0) is 17.3 Å². The Bertz CT molecular complexity index is 257. The Morgan fingerprint density at radius 2 is 2.36 bits per heavy atom. The van der Waals surface area contributed by atoms with E-state index < -0.39 is 10.8 Å². The third-order valence-electron chi connectivity index (χ3n) is 1.27. The standard InChI is InChI=1S/C7H11NOS2/c1-8-5-6-3-4-7(10-6)11(2)9/h3-4,8H,5H2,1-2H3. The number of rotatable bonds is 3. The molecule has 1 aromatic rings. The van der Waals surface area contributed by atoms with Crippen molar-refractivity contribution in [1.82, 2.24) is 5.32 Å². The van der Waals surface area contributed by atoms with Crippen LogP contribution in [0.1, 0.15) is 4.88 Å². The number of hydrogen-bond acceptors (Lipinski definition) is 3. The van der Waals surface area contributed by atoms with Gasteiger partial charge in [0.2, 0.25) is 0 Å². The first-order valence-corrected chi connectivity index (χ1v) is 5.68. The van der Waals surface area contributed by atoms with Gasteiger partial charge in [0.1, 0.15) is 0 Å². The molecule has 0 spiro atoms. The Morgan fingerprint density at radius 3 is 2.82 bits per heavy atom. The summed E-state index contributed by atoms with van der Waals surface area (Å²) < 4.78 is 11.9. The lowest BCUT2D eigenvalue weighted by Crippen LogP contribution is -2.02. The van der Waals surface area contributed by atoms with Gasteiger partial charge >= 0.3 is 0 Å². The van der Waals surface area contributed by atoms with Crippen LogP contribution >= 0.6 is 11.3 Å². The molecule has 2 nitrogen and oxygen atoms in total. The van der Waals surface area contributed by atoms with Crippen molar-refractivity contribution < 1.29 is 4.21 Å². The van der Waals surface area contributed by atoms with Gasteiger partial charge in [-0.1, -0.05) is 0 Å². The minimum atomic E-state index is -0.821. The maximum atomic E-state index is 11.0. The first-order chi connectivity index (χ1) is 5.24. The molecule has 0 fully saturated rings. The van der Waals surface area contributed by atoms with Gasteiger partial charge in [0.25, 0.3) is 0 Å². The van der Waals surface area contributed by atoms with Crippen molar-refractivity contribution in [3.05, 3.63) is 17.0 Å². The topological polar surface area (TPSA) is 29.1 Å². The molecule has 1 heterocycles. The summed E-state index contributed by atoms with van der Waals surface area (Å²) in [7, 11) is 1.08. The van der Waals surface area contributed by atoms with E-state index in [0.29, 0.717) is 0 Å². The highest BCUT2D eigenvalue weighted by Crippen LogP contribution is 2.18. The third-order valence-corrected chi connectivity index (χ3v) is 3.81. The average Bonchev–Trinajstić information content (AvgIpc) is 2.37. The van der Waals surface area contributed by atoms with Gasteiger partial charge in [-0.15, -0.1) is 11.3 Å². The van der Waals surface area contributed by atoms with E-state index in [1.807, 2.05) is 19.2 Å². The highest BCUT2D eigenvalue weighted by Gasteiger charge is 2.01. The fraction of sp³-hybridized carbons (Fsp3) is 0.429. The summed E-state index contributed by atoms with van der Waals surface area (Å²) in [5.74, 6) is 0. The van der Waals surface area contributed by atoms with Crippen LogP contribution in [0.4, 0.5) is 0 Å². The Balaban J connectivity index is 2.73. The van der Waals surface area contributed by atoms with Gasteiger partial charge in [0.05, 0.1) is 15.0 Å². The molecule has 1 atom stereocenters. The molecule has 1 aromatic heterocycles. The third kappa shape index (κ3) is 2.39. The molecule has 0 aromatic carbocycles. The van der Waals surface area contributed by atoms with Gasteiger partial charge in [-0.25, -0.2) is 0 Å². The van der Waals surface area contributed by atoms with E-state index in [4.69, 9.17) is 0 Å². The molecule has 0 aliphatic carbocycles. The van der Waals surface area contributed by atoms with Crippen molar-refractivity contribution in [2.24, 2.45) is 0 Å². The first kappa shape index (κ1) is 8.90. The molecular weight excluding hydrogens is 178 g/mol. The zero-order valence-corrected chi connectivity index (χ0v) is 8.22. The second-order valence-corrected chi connectivity index (χ2v) is 4.98. The van der Waals surface area contributed by atoms with Crippen molar-refractivity contribution in [3.8, 4) is 0 Å². The molecule has 0 aliphatic heterocycles. The van der Waals surface area contributed by atoms with Crippen molar-refractivity contribution in [2.75, 3.05) is 13.3 Å². The van der Waals surface area contributed by atoms with Crippen molar-refractivity contribution in [3.63, 3.8) is 0 Å². The fourth-order valence-electron chi connectivity index (χ4n) is 0.782. The summed E-state index contributed by atoms with van der Waals surface area (Å²) >= 11 is 1.60. The highest BCUT2D eigenvalue weighted by molar-refractivity contribution is 7.86. The minimum absolute atomic E-state index is 0.821. The van der Waals surface area contributed by atoms with E-state index in [2.05, 4.69) is 5.32 Å². The maximum absolute atomic E-state index is 11.0. The predicted molar refractivity (Wildman–Crippen MR) is 49.4 cm³/mol. The minimum Gasteiger partial charge on any atom is -0.315 e. The molecule has 0 saturated heterocycles. The largest absolute Gasteiger partial charge is 0.315 e. The number of hydrogen-bond donors (Lipinski definition) is 1. The van der Waals surface area contributed by atoms with E-state index >= 15 is 0 Å². The van der Waals surface area contributed by atoms with Crippen LogP contribution in [-0.4, -0.2) is 17.5 Å². The predicted octanol–water partition coefficient (Wildman–Crippen LogP) is 1.20. The maximum Gasteiger partial charge on any atom is 0.0911 e. The zero-order valence-electron chi connectivity index (χ0n) is 6.59. The molecule has 1 unspecified atom stereocenters.